The standard InChI is InChI=1S/C22H18N2O2/c25-24(26)16-10-11-20-18(13-16)21-17-9-5-4-8-15(17)12-19(21)22(23-20)14-6-2-1-3-7-14/h1-11,13,19,21-23H,12H2. The molecule has 128 valence electrons. The van der Waals surface area contributed by atoms with E-state index in [0.717, 1.165) is 17.7 Å². The molecule has 3 unspecified atom stereocenters. The minimum absolute atomic E-state index is 0.159. The zero-order chi connectivity index (χ0) is 17.7. The second kappa shape index (κ2) is 5.70. The molecule has 2 aliphatic rings. The number of rotatable bonds is 2. The molecule has 0 bridgehead atoms. The summed E-state index contributed by atoms with van der Waals surface area (Å²) in [6, 6.07) is 24.4. The predicted octanol–water partition coefficient (Wildman–Crippen LogP) is 5.07. The van der Waals surface area contributed by atoms with Crippen LogP contribution in [0.5, 0.6) is 0 Å². The lowest BCUT2D eigenvalue weighted by molar-refractivity contribution is -0.384. The number of nitro benzene ring substituents is 1. The summed E-state index contributed by atoms with van der Waals surface area (Å²) >= 11 is 0. The maximum atomic E-state index is 11.3. The number of hydrogen-bond donors (Lipinski definition) is 1. The summed E-state index contributed by atoms with van der Waals surface area (Å²) in [7, 11) is 0. The smallest absolute Gasteiger partial charge is 0.269 e. The first-order valence-electron chi connectivity index (χ1n) is 8.90. The Bertz CT molecular complexity index is 1000. The van der Waals surface area contributed by atoms with Gasteiger partial charge in [-0.05, 0) is 40.7 Å². The highest BCUT2D eigenvalue weighted by Gasteiger charge is 2.43. The monoisotopic (exact) mass is 342 g/mol. The molecule has 1 aliphatic carbocycles. The SMILES string of the molecule is O=[N+]([O-])c1ccc2c(c1)C1c3ccccc3CC1C(c1ccccc1)N2. The van der Waals surface area contributed by atoms with Crippen molar-refractivity contribution in [3.05, 3.63) is 105 Å². The van der Waals surface area contributed by atoms with Crippen LogP contribution in [0, 0.1) is 16.0 Å². The van der Waals surface area contributed by atoms with Crippen LogP contribution in [0.2, 0.25) is 0 Å². The Morgan fingerprint density at radius 2 is 1.69 bits per heavy atom. The van der Waals surface area contributed by atoms with Gasteiger partial charge in [0.15, 0.2) is 0 Å². The van der Waals surface area contributed by atoms with Gasteiger partial charge < -0.3 is 5.32 Å². The minimum Gasteiger partial charge on any atom is -0.378 e. The number of hydrogen-bond acceptors (Lipinski definition) is 3. The number of benzene rings is 3. The summed E-state index contributed by atoms with van der Waals surface area (Å²) in [6.07, 6.45) is 0.982. The van der Waals surface area contributed by atoms with E-state index in [-0.39, 0.29) is 22.6 Å². The van der Waals surface area contributed by atoms with Crippen molar-refractivity contribution >= 4 is 11.4 Å². The minimum atomic E-state index is -0.306. The molecule has 0 amide bonds. The van der Waals surface area contributed by atoms with Crippen molar-refractivity contribution in [3.8, 4) is 0 Å². The number of nitro groups is 1. The van der Waals surface area contributed by atoms with E-state index in [2.05, 4.69) is 53.8 Å². The molecule has 0 saturated carbocycles. The molecule has 1 aliphatic heterocycles. The van der Waals surface area contributed by atoms with E-state index in [9.17, 15) is 10.1 Å². The third-order valence-corrected chi connectivity index (χ3v) is 5.75. The van der Waals surface area contributed by atoms with E-state index in [0.29, 0.717) is 5.92 Å². The first kappa shape index (κ1) is 15.1. The molecule has 3 atom stereocenters. The van der Waals surface area contributed by atoms with E-state index >= 15 is 0 Å². The van der Waals surface area contributed by atoms with Crippen LogP contribution in [-0.4, -0.2) is 4.92 Å². The Hall–Kier alpha value is -3.14. The quantitative estimate of drug-likeness (QED) is 0.523. The van der Waals surface area contributed by atoms with Crippen LogP contribution in [0.15, 0.2) is 72.8 Å². The maximum absolute atomic E-state index is 11.3. The van der Waals surface area contributed by atoms with Gasteiger partial charge in [0.1, 0.15) is 0 Å². The van der Waals surface area contributed by atoms with Gasteiger partial charge in [-0.1, -0.05) is 54.6 Å². The number of nitrogens with one attached hydrogen (secondary N) is 1. The molecule has 3 aromatic rings. The van der Waals surface area contributed by atoms with E-state index in [4.69, 9.17) is 0 Å². The Morgan fingerprint density at radius 3 is 2.50 bits per heavy atom. The van der Waals surface area contributed by atoms with Gasteiger partial charge in [-0.3, -0.25) is 10.1 Å². The summed E-state index contributed by atoms with van der Waals surface area (Å²) in [5.41, 5.74) is 6.13. The molecule has 26 heavy (non-hydrogen) atoms. The number of fused-ring (bicyclic) bond motifs is 5. The second-order valence-electron chi connectivity index (χ2n) is 7.11. The number of anilines is 1. The van der Waals surface area contributed by atoms with Crippen molar-refractivity contribution in [2.75, 3.05) is 5.32 Å². The molecule has 4 heteroatoms. The third-order valence-electron chi connectivity index (χ3n) is 5.75. The van der Waals surface area contributed by atoms with E-state index in [1.54, 1.807) is 12.1 Å². The van der Waals surface area contributed by atoms with E-state index < -0.39 is 0 Å². The molecular weight excluding hydrogens is 324 g/mol. The highest BCUT2D eigenvalue weighted by atomic mass is 16.6. The Labute approximate surface area is 151 Å². The van der Waals surface area contributed by atoms with Gasteiger partial charge in [0.2, 0.25) is 0 Å². The molecule has 0 fully saturated rings. The molecule has 5 rings (SSSR count). The topological polar surface area (TPSA) is 55.2 Å². The van der Waals surface area contributed by atoms with E-state index in [1.165, 1.54) is 16.7 Å². The first-order chi connectivity index (χ1) is 12.7. The summed E-state index contributed by atoms with van der Waals surface area (Å²) < 4.78 is 0. The van der Waals surface area contributed by atoms with Crippen molar-refractivity contribution in [3.63, 3.8) is 0 Å². The maximum Gasteiger partial charge on any atom is 0.269 e. The van der Waals surface area contributed by atoms with Crippen LogP contribution in [0.4, 0.5) is 11.4 Å². The van der Waals surface area contributed by atoms with Crippen LogP contribution in [-0.2, 0) is 6.42 Å². The van der Waals surface area contributed by atoms with Crippen LogP contribution < -0.4 is 5.32 Å². The van der Waals surface area contributed by atoms with Crippen LogP contribution in [0.1, 0.15) is 34.2 Å². The molecule has 0 spiro atoms. The summed E-state index contributed by atoms with van der Waals surface area (Å²) in [5, 5.41) is 15.0. The van der Waals surface area contributed by atoms with Gasteiger partial charge in [0.25, 0.3) is 5.69 Å². The lowest BCUT2D eigenvalue weighted by Crippen LogP contribution is -2.30. The van der Waals surface area contributed by atoms with Crippen LogP contribution in [0.3, 0.4) is 0 Å². The summed E-state index contributed by atoms with van der Waals surface area (Å²) in [5.74, 6) is 0.539. The van der Waals surface area contributed by atoms with E-state index in [1.807, 2.05) is 12.1 Å². The molecule has 0 radical (unpaired) electrons. The zero-order valence-corrected chi connectivity index (χ0v) is 14.1. The van der Waals surface area contributed by atoms with Gasteiger partial charge in [0, 0.05) is 23.7 Å². The van der Waals surface area contributed by atoms with Crippen molar-refractivity contribution < 1.29 is 4.92 Å². The van der Waals surface area contributed by atoms with Crippen molar-refractivity contribution in [1.29, 1.82) is 0 Å². The zero-order valence-electron chi connectivity index (χ0n) is 14.1. The van der Waals surface area contributed by atoms with Gasteiger partial charge in [-0.25, -0.2) is 0 Å². The number of nitrogens with zero attached hydrogens (tertiary/aromatic N) is 1. The largest absolute Gasteiger partial charge is 0.378 e. The fourth-order valence-electron chi connectivity index (χ4n) is 4.65. The van der Waals surface area contributed by atoms with Crippen molar-refractivity contribution in [2.45, 2.75) is 18.4 Å². The van der Waals surface area contributed by atoms with Gasteiger partial charge in [0.05, 0.1) is 11.0 Å². The Balaban J connectivity index is 1.70. The van der Waals surface area contributed by atoms with Gasteiger partial charge in [-0.2, -0.15) is 0 Å². The van der Waals surface area contributed by atoms with Gasteiger partial charge in [-0.15, -0.1) is 0 Å². The third kappa shape index (κ3) is 2.22. The molecule has 0 saturated heterocycles. The lowest BCUT2D eigenvalue weighted by Gasteiger charge is -2.37. The van der Waals surface area contributed by atoms with Gasteiger partial charge >= 0.3 is 0 Å². The average Bonchev–Trinajstić information content (AvgIpc) is 3.07. The number of non-ortho nitro benzene ring substituents is 1. The highest BCUT2D eigenvalue weighted by molar-refractivity contribution is 5.65. The average molecular weight is 342 g/mol. The lowest BCUT2D eigenvalue weighted by atomic mass is 9.75. The van der Waals surface area contributed by atoms with Crippen molar-refractivity contribution in [2.24, 2.45) is 5.92 Å². The van der Waals surface area contributed by atoms with Crippen LogP contribution >= 0.6 is 0 Å². The fourth-order valence-corrected chi connectivity index (χ4v) is 4.65. The molecule has 4 nitrogen and oxygen atoms in total. The highest BCUT2D eigenvalue weighted by Crippen LogP contribution is 2.54. The summed E-state index contributed by atoms with van der Waals surface area (Å²) in [4.78, 5) is 11.0. The van der Waals surface area contributed by atoms with Crippen LogP contribution in [0.25, 0.3) is 0 Å². The fraction of sp³-hybridized carbons (Fsp3) is 0.182. The van der Waals surface area contributed by atoms with Crippen molar-refractivity contribution in [1.82, 2.24) is 0 Å². The summed E-state index contributed by atoms with van der Waals surface area (Å²) in [6.45, 7) is 0. The Morgan fingerprint density at radius 1 is 0.923 bits per heavy atom. The molecule has 0 aromatic heterocycles. The molecule has 1 N–H and O–H groups in total. The first-order valence-corrected chi connectivity index (χ1v) is 8.90. The molecule has 3 aromatic carbocycles. The molecular formula is C22H18N2O2. The molecule has 1 heterocycles. The normalized spacial score (nSPS) is 22.7. The predicted molar refractivity (Wildman–Crippen MR) is 101 cm³/mol. The Kier molecular flexibility index (Phi) is 3.32. The second-order valence-corrected chi connectivity index (χ2v) is 7.11.